The van der Waals surface area contributed by atoms with Gasteiger partial charge in [-0.25, -0.2) is 0 Å². The molecule has 0 spiro atoms. The molecule has 2 saturated heterocycles. The van der Waals surface area contributed by atoms with Crippen molar-refractivity contribution in [3.63, 3.8) is 0 Å². The van der Waals surface area contributed by atoms with Crippen molar-refractivity contribution in [3.05, 3.63) is 24.0 Å². The predicted octanol–water partition coefficient (Wildman–Crippen LogP) is 2.59. The van der Waals surface area contributed by atoms with Crippen molar-refractivity contribution in [1.82, 2.24) is 4.98 Å². The quantitative estimate of drug-likeness (QED) is 0.838. The molecule has 18 heavy (non-hydrogen) atoms. The smallest absolute Gasteiger partial charge is 0.0553 e. The Morgan fingerprint density at radius 2 is 2.06 bits per heavy atom. The van der Waals surface area contributed by atoms with Crippen LogP contribution in [0.15, 0.2) is 18.3 Å². The zero-order chi connectivity index (χ0) is 12.5. The molecule has 2 fully saturated rings. The summed E-state index contributed by atoms with van der Waals surface area (Å²) < 4.78 is 5.52. The van der Waals surface area contributed by atoms with E-state index in [-0.39, 0.29) is 0 Å². The van der Waals surface area contributed by atoms with Crippen LogP contribution < -0.4 is 4.90 Å². The molecule has 0 aliphatic carbocycles. The van der Waals surface area contributed by atoms with E-state index < -0.39 is 0 Å². The first-order valence-electron chi connectivity index (χ1n) is 6.59. The Kier molecular flexibility index (Phi) is 3.48. The Labute approximate surface area is 113 Å². The average molecular weight is 264 g/mol. The molecule has 2 aliphatic rings. The van der Waals surface area contributed by atoms with Crippen molar-refractivity contribution in [2.45, 2.75) is 12.2 Å². The number of hydrogen-bond acceptors (Lipinski definition) is 4. The Balaban J connectivity index is 1.70. The monoisotopic (exact) mass is 264 g/mol. The molecule has 3 nitrogen and oxygen atoms in total. The summed E-state index contributed by atoms with van der Waals surface area (Å²) in [5, 5.41) is 0.477. The van der Waals surface area contributed by atoms with E-state index in [9.17, 15) is 0 Å². The second-order valence-corrected chi connectivity index (χ2v) is 6.46. The Hall–Kier alpha value is -0.740. The molecule has 98 valence electrons. The number of anilines is 1. The van der Waals surface area contributed by atoms with E-state index in [2.05, 4.69) is 35.2 Å². The third kappa shape index (κ3) is 2.24. The molecule has 2 aliphatic heterocycles. The first-order chi connectivity index (χ1) is 8.78. The molecule has 0 amide bonds. The van der Waals surface area contributed by atoms with E-state index >= 15 is 0 Å². The minimum absolute atomic E-state index is 0.477. The fourth-order valence-corrected chi connectivity index (χ4v) is 3.22. The predicted molar refractivity (Wildman–Crippen MR) is 76.2 cm³/mol. The average Bonchev–Trinajstić information content (AvgIpc) is 2.99. The van der Waals surface area contributed by atoms with Gasteiger partial charge in [-0.2, -0.15) is 11.8 Å². The number of fused-ring (bicyclic) bond motifs is 1. The number of thioether (sulfide) groups is 1. The van der Waals surface area contributed by atoms with Crippen LogP contribution in [-0.2, 0) is 4.74 Å². The van der Waals surface area contributed by atoms with Crippen LogP contribution in [0, 0.1) is 11.8 Å². The lowest BCUT2D eigenvalue weighted by Crippen LogP contribution is -2.22. The summed E-state index contributed by atoms with van der Waals surface area (Å²) in [7, 11) is 0. The van der Waals surface area contributed by atoms with Gasteiger partial charge in [0.25, 0.3) is 0 Å². The topological polar surface area (TPSA) is 25.4 Å². The molecule has 1 aromatic rings. The van der Waals surface area contributed by atoms with E-state index in [4.69, 9.17) is 4.74 Å². The van der Waals surface area contributed by atoms with Gasteiger partial charge >= 0.3 is 0 Å². The highest BCUT2D eigenvalue weighted by atomic mass is 32.2. The molecule has 0 bridgehead atoms. The maximum absolute atomic E-state index is 5.52. The Morgan fingerprint density at radius 1 is 1.33 bits per heavy atom. The van der Waals surface area contributed by atoms with Crippen molar-refractivity contribution < 1.29 is 4.74 Å². The third-order valence-corrected chi connectivity index (χ3v) is 5.09. The second-order valence-electron chi connectivity index (χ2n) is 5.28. The summed E-state index contributed by atoms with van der Waals surface area (Å²) in [6, 6.07) is 4.39. The van der Waals surface area contributed by atoms with Crippen molar-refractivity contribution in [3.8, 4) is 0 Å². The number of nitrogens with zero attached hydrogens (tertiary/aromatic N) is 2. The van der Waals surface area contributed by atoms with Gasteiger partial charge in [-0.05, 0) is 25.3 Å². The van der Waals surface area contributed by atoms with E-state index in [1.807, 2.05) is 18.0 Å². The first kappa shape index (κ1) is 12.3. The van der Waals surface area contributed by atoms with Gasteiger partial charge in [-0.3, -0.25) is 4.98 Å². The molecule has 0 aromatic carbocycles. The molecule has 4 heteroatoms. The minimum atomic E-state index is 0.477. The number of rotatable bonds is 3. The van der Waals surface area contributed by atoms with Gasteiger partial charge in [-0.1, -0.05) is 0 Å². The van der Waals surface area contributed by atoms with Crippen LogP contribution in [0.1, 0.15) is 17.9 Å². The lowest BCUT2D eigenvalue weighted by Gasteiger charge is -2.20. The molecule has 3 heterocycles. The van der Waals surface area contributed by atoms with Crippen LogP contribution in [0.5, 0.6) is 0 Å². The van der Waals surface area contributed by atoms with Crippen LogP contribution in [0.2, 0.25) is 0 Å². The Bertz CT molecular complexity index is 397. The number of ether oxygens (including phenoxy) is 1. The zero-order valence-corrected chi connectivity index (χ0v) is 11.8. The van der Waals surface area contributed by atoms with Crippen LogP contribution in [0.25, 0.3) is 0 Å². The molecule has 1 aromatic heterocycles. The Morgan fingerprint density at radius 3 is 2.61 bits per heavy atom. The van der Waals surface area contributed by atoms with Crippen LogP contribution in [0.4, 0.5) is 5.69 Å². The molecule has 1 unspecified atom stereocenters. The van der Waals surface area contributed by atoms with Crippen LogP contribution in [-0.4, -0.2) is 37.5 Å². The normalized spacial score (nSPS) is 28.4. The van der Waals surface area contributed by atoms with Crippen molar-refractivity contribution >= 4 is 17.4 Å². The number of hydrogen-bond donors (Lipinski definition) is 0. The molecular formula is C14H20N2OS. The fourth-order valence-electron chi connectivity index (χ4n) is 2.84. The lowest BCUT2D eigenvalue weighted by atomic mass is 10.0. The van der Waals surface area contributed by atoms with Gasteiger partial charge in [0.2, 0.25) is 0 Å². The van der Waals surface area contributed by atoms with E-state index in [1.54, 1.807) is 0 Å². The van der Waals surface area contributed by atoms with Gasteiger partial charge in [0, 0.05) is 30.2 Å². The van der Waals surface area contributed by atoms with Crippen LogP contribution >= 0.6 is 11.8 Å². The summed E-state index contributed by atoms with van der Waals surface area (Å²) in [6.45, 7) is 6.34. The second kappa shape index (κ2) is 5.10. The lowest BCUT2D eigenvalue weighted by molar-refractivity contribution is 0.177. The molecule has 0 N–H and O–H groups in total. The minimum Gasteiger partial charge on any atom is -0.381 e. The zero-order valence-electron chi connectivity index (χ0n) is 11.0. The summed E-state index contributed by atoms with van der Waals surface area (Å²) in [6.07, 6.45) is 4.16. The number of pyridine rings is 1. The summed E-state index contributed by atoms with van der Waals surface area (Å²) in [5.41, 5.74) is 2.44. The highest BCUT2D eigenvalue weighted by Gasteiger charge is 2.37. The van der Waals surface area contributed by atoms with Crippen molar-refractivity contribution in [2.24, 2.45) is 11.8 Å². The molecule has 0 radical (unpaired) electrons. The van der Waals surface area contributed by atoms with E-state index in [0.717, 1.165) is 38.1 Å². The van der Waals surface area contributed by atoms with Crippen LogP contribution in [0.3, 0.4) is 0 Å². The van der Waals surface area contributed by atoms with E-state index in [1.165, 1.54) is 11.4 Å². The summed E-state index contributed by atoms with van der Waals surface area (Å²) >= 11 is 1.84. The number of aromatic nitrogens is 1. The molecular weight excluding hydrogens is 244 g/mol. The van der Waals surface area contributed by atoms with Crippen molar-refractivity contribution in [2.75, 3.05) is 37.5 Å². The standard InChI is InChI=1S/C14H20N2OS/c1-10(18-2)14-4-3-13(5-15-14)16-6-11-8-17-9-12(11)7-16/h3-5,10-12H,6-9H2,1-2H3/t10?,11-,12+. The summed E-state index contributed by atoms with van der Waals surface area (Å²) in [4.78, 5) is 7.05. The molecule has 0 saturated carbocycles. The highest BCUT2D eigenvalue weighted by Crippen LogP contribution is 2.33. The van der Waals surface area contributed by atoms with Gasteiger partial charge in [0.05, 0.1) is 30.8 Å². The largest absolute Gasteiger partial charge is 0.381 e. The first-order valence-corrected chi connectivity index (χ1v) is 7.88. The van der Waals surface area contributed by atoms with Gasteiger partial charge in [0.15, 0.2) is 0 Å². The third-order valence-electron chi connectivity index (χ3n) is 4.15. The van der Waals surface area contributed by atoms with Gasteiger partial charge in [0.1, 0.15) is 0 Å². The van der Waals surface area contributed by atoms with E-state index in [0.29, 0.717) is 5.25 Å². The maximum atomic E-state index is 5.52. The SMILES string of the molecule is CSC(C)c1ccc(N2C[C@H]3COC[C@H]3C2)cn1. The molecule has 3 atom stereocenters. The maximum Gasteiger partial charge on any atom is 0.0553 e. The summed E-state index contributed by atoms with van der Waals surface area (Å²) in [5.74, 6) is 1.46. The molecule has 3 rings (SSSR count). The van der Waals surface area contributed by atoms with Gasteiger partial charge in [-0.15, -0.1) is 0 Å². The fraction of sp³-hybridized carbons (Fsp3) is 0.643. The van der Waals surface area contributed by atoms with Gasteiger partial charge < -0.3 is 9.64 Å². The van der Waals surface area contributed by atoms with Crippen molar-refractivity contribution in [1.29, 1.82) is 0 Å². The highest BCUT2D eigenvalue weighted by molar-refractivity contribution is 7.98.